The van der Waals surface area contributed by atoms with E-state index in [-0.39, 0.29) is 0 Å². The lowest BCUT2D eigenvalue weighted by Gasteiger charge is -2.30. The van der Waals surface area contributed by atoms with Crippen LogP contribution in [0, 0.1) is 6.92 Å². The number of rotatable bonds is 1. The highest BCUT2D eigenvalue weighted by Gasteiger charge is 2.38. The number of fused-ring (bicyclic) bond motifs is 1. The first-order chi connectivity index (χ1) is 9.59. The van der Waals surface area contributed by atoms with E-state index in [2.05, 4.69) is 0 Å². The molecule has 0 fully saturated rings. The van der Waals surface area contributed by atoms with E-state index in [1.807, 2.05) is 13.0 Å². The van der Waals surface area contributed by atoms with Crippen LogP contribution in [-0.2, 0) is 4.79 Å². The summed E-state index contributed by atoms with van der Waals surface area (Å²) in [6, 6.07) is 13.7. The fraction of sp³-hybridized carbons (Fsp3) is 0.125. The Morgan fingerprint density at radius 1 is 1.05 bits per heavy atom. The number of amides is 2. The van der Waals surface area contributed by atoms with E-state index in [1.54, 1.807) is 42.5 Å². The van der Waals surface area contributed by atoms with Gasteiger partial charge in [0.05, 0.1) is 5.69 Å². The molecule has 1 aliphatic heterocycles. The van der Waals surface area contributed by atoms with Crippen LogP contribution in [-0.4, -0.2) is 16.9 Å². The molecule has 3 rings (SSSR count). The van der Waals surface area contributed by atoms with Gasteiger partial charge in [0, 0.05) is 11.1 Å². The number of aliphatic hydroxyl groups excluding tert-OH is 1. The monoisotopic (exact) mass is 267 g/mol. The molecule has 4 nitrogen and oxygen atoms in total. The summed E-state index contributed by atoms with van der Waals surface area (Å²) < 4.78 is 0. The number of hydrogen-bond donors (Lipinski definition) is 1. The van der Waals surface area contributed by atoms with Gasteiger partial charge in [-0.25, -0.2) is 4.90 Å². The molecule has 0 bridgehead atoms. The molecule has 0 saturated carbocycles. The van der Waals surface area contributed by atoms with E-state index in [0.717, 1.165) is 10.5 Å². The number of aryl methyl sites for hydroxylation is 1. The summed E-state index contributed by atoms with van der Waals surface area (Å²) in [6.07, 6.45) is -1.30. The van der Waals surface area contributed by atoms with Gasteiger partial charge in [0.15, 0.2) is 6.10 Å². The number of aliphatic hydroxyl groups is 1. The summed E-state index contributed by atoms with van der Waals surface area (Å²) in [5.74, 6) is -1.01. The third-order valence-corrected chi connectivity index (χ3v) is 3.40. The molecule has 1 N–H and O–H groups in total. The summed E-state index contributed by atoms with van der Waals surface area (Å²) in [7, 11) is 0. The molecule has 0 saturated heterocycles. The average Bonchev–Trinajstić information content (AvgIpc) is 2.45. The van der Waals surface area contributed by atoms with Crippen LogP contribution in [0.2, 0.25) is 0 Å². The van der Waals surface area contributed by atoms with Crippen molar-refractivity contribution in [2.45, 2.75) is 13.0 Å². The zero-order valence-corrected chi connectivity index (χ0v) is 10.9. The maximum absolute atomic E-state index is 12.5. The number of benzene rings is 2. The van der Waals surface area contributed by atoms with Crippen molar-refractivity contribution in [2.75, 3.05) is 4.90 Å². The third-order valence-electron chi connectivity index (χ3n) is 3.40. The SMILES string of the molecule is Cc1cccc(N2C(=O)c3ccccc3C(O)C2=O)c1. The fourth-order valence-corrected chi connectivity index (χ4v) is 2.42. The normalized spacial score (nSPS) is 18.1. The second kappa shape index (κ2) is 4.58. The van der Waals surface area contributed by atoms with Gasteiger partial charge in [-0.1, -0.05) is 30.3 Å². The minimum Gasteiger partial charge on any atom is -0.378 e. The lowest BCUT2D eigenvalue weighted by molar-refractivity contribution is -0.126. The molecule has 0 aliphatic carbocycles. The lowest BCUT2D eigenvalue weighted by atomic mass is 9.95. The Kier molecular flexibility index (Phi) is 2.88. The van der Waals surface area contributed by atoms with Crippen LogP contribution < -0.4 is 4.90 Å². The maximum atomic E-state index is 12.5. The first-order valence-corrected chi connectivity index (χ1v) is 6.31. The highest BCUT2D eigenvalue weighted by atomic mass is 16.3. The molecule has 100 valence electrons. The van der Waals surface area contributed by atoms with E-state index < -0.39 is 17.9 Å². The number of carbonyl (C=O) groups excluding carboxylic acids is 2. The Labute approximate surface area is 116 Å². The van der Waals surface area contributed by atoms with Crippen molar-refractivity contribution >= 4 is 17.5 Å². The first-order valence-electron chi connectivity index (χ1n) is 6.31. The molecule has 1 aliphatic rings. The number of imide groups is 1. The van der Waals surface area contributed by atoms with Gasteiger partial charge in [-0.15, -0.1) is 0 Å². The quantitative estimate of drug-likeness (QED) is 0.806. The Bertz CT molecular complexity index is 708. The molecule has 0 radical (unpaired) electrons. The van der Waals surface area contributed by atoms with Crippen LogP contribution in [0.1, 0.15) is 27.6 Å². The second-order valence-corrected chi connectivity index (χ2v) is 4.81. The summed E-state index contributed by atoms with van der Waals surface area (Å²) in [6.45, 7) is 1.88. The van der Waals surface area contributed by atoms with Crippen LogP contribution in [0.25, 0.3) is 0 Å². The van der Waals surface area contributed by atoms with Crippen molar-refractivity contribution in [1.82, 2.24) is 0 Å². The Morgan fingerprint density at radius 3 is 2.55 bits per heavy atom. The van der Waals surface area contributed by atoms with Gasteiger partial charge in [-0.3, -0.25) is 9.59 Å². The van der Waals surface area contributed by atoms with E-state index in [4.69, 9.17) is 0 Å². The molecular weight excluding hydrogens is 254 g/mol. The molecule has 1 heterocycles. The van der Waals surface area contributed by atoms with Gasteiger partial charge < -0.3 is 5.11 Å². The molecule has 1 unspecified atom stereocenters. The summed E-state index contributed by atoms with van der Waals surface area (Å²) in [5.41, 5.74) is 2.15. The predicted molar refractivity (Wildman–Crippen MR) is 74.4 cm³/mol. The van der Waals surface area contributed by atoms with Gasteiger partial charge in [-0.2, -0.15) is 0 Å². The zero-order valence-electron chi connectivity index (χ0n) is 10.9. The van der Waals surface area contributed by atoms with Crippen LogP contribution in [0.3, 0.4) is 0 Å². The van der Waals surface area contributed by atoms with Crippen LogP contribution in [0.5, 0.6) is 0 Å². The van der Waals surface area contributed by atoms with Crippen LogP contribution >= 0.6 is 0 Å². The Balaban J connectivity index is 2.15. The highest BCUT2D eigenvalue weighted by molar-refractivity contribution is 6.25. The van der Waals surface area contributed by atoms with Crippen LogP contribution in [0.15, 0.2) is 48.5 Å². The number of anilines is 1. The molecular formula is C16H13NO3. The molecule has 2 aromatic carbocycles. The van der Waals surface area contributed by atoms with E-state index >= 15 is 0 Å². The van der Waals surface area contributed by atoms with Crippen molar-refractivity contribution in [1.29, 1.82) is 0 Å². The minimum atomic E-state index is -1.30. The summed E-state index contributed by atoms with van der Waals surface area (Å²) in [5, 5.41) is 10.1. The van der Waals surface area contributed by atoms with Crippen LogP contribution in [0.4, 0.5) is 5.69 Å². The predicted octanol–water partition coefficient (Wildman–Crippen LogP) is 2.22. The zero-order chi connectivity index (χ0) is 14.3. The van der Waals surface area contributed by atoms with Crippen molar-refractivity contribution in [2.24, 2.45) is 0 Å². The van der Waals surface area contributed by atoms with Gasteiger partial charge in [-0.05, 0) is 30.7 Å². The molecule has 1 atom stereocenters. The summed E-state index contributed by atoms with van der Waals surface area (Å²) in [4.78, 5) is 25.8. The van der Waals surface area contributed by atoms with Gasteiger partial charge >= 0.3 is 0 Å². The second-order valence-electron chi connectivity index (χ2n) is 4.81. The number of nitrogens with zero attached hydrogens (tertiary/aromatic N) is 1. The largest absolute Gasteiger partial charge is 0.378 e. The molecule has 4 heteroatoms. The van der Waals surface area contributed by atoms with Crippen molar-refractivity contribution in [3.05, 3.63) is 65.2 Å². The lowest BCUT2D eigenvalue weighted by Crippen LogP contribution is -2.45. The molecule has 2 aromatic rings. The highest BCUT2D eigenvalue weighted by Crippen LogP contribution is 2.31. The smallest absolute Gasteiger partial charge is 0.267 e. The van der Waals surface area contributed by atoms with E-state index in [9.17, 15) is 14.7 Å². The maximum Gasteiger partial charge on any atom is 0.267 e. The van der Waals surface area contributed by atoms with Gasteiger partial charge in [0.25, 0.3) is 11.8 Å². The number of carbonyl (C=O) groups is 2. The molecule has 0 spiro atoms. The average molecular weight is 267 g/mol. The molecule has 2 amide bonds. The molecule has 0 aromatic heterocycles. The fourth-order valence-electron chi connectivity index (χ4n) is 2.42. The standard InChI is InChI=1S/C16H13NO3/c1-10-5-4-6-11(9-10)17-15(19)13-8-3-2-7-12(13)14(18)16(17)20/h2-9,14,18H,1H3. The molecule has 20 heavy (non-hydrogen) atoms. The number of hydrogen-bond acceptors (Lipinski definition) is 3. The first kappa shape index (κ1) is 12.6. The van der Waals surface area contributed by atoms with Gasteiger partial charge in [0.1, 0.15) is 0 Å². The van der Waals surface area contributed by atoms with Crippen molar-refractivity contribution < 1.29 is 14.7 Å². The Morgan fingerprint density at radius 2 is 1.80 bits per heavy atom. The topological polar surface area (TPSA) is 57.6 Å². The summed E-state index contributed by atoms with van der Waals surface area (Å²) >= 11 is 0. The van der Waals surface area contributed by atoms with Gasteiger partial charge in [0.2, 0.25) is 0 Å². The Hall–Kier alpha value is -2.46. The third kappa shape index (κ3) is 1.82. The van der Waals surface area contributed by atoms with Crippen molar-refractivity contribution in [3.8, 4) is 0 Å². The van der Waals surface area contributed by atoms with E-state index in [1.165, 1.54) is 0 Å². The van der Waals surface area contributed by atoms with Crippen molar-refractivity contribution in [3.63, 3.8) is 0 Å². The minimum absolute atomic E-state index is 0.362. The van der Waals surface area contributed by atoms with E-state index in [0.29, 0.717) is 16.8 Å².